The lowest BCUT2D eigenvalue weighted by Crippen LogP contribution is -2.35. The summed E-state index contributed by atoms with van der Waals surface area (Å²) in [5.74, 6) is 0.817. The number of rotatable bonds is 7. The van der Waals surface area contributed by atoms with E-state index in [4.69, 9.17) is 4.74 Å². The summed E-state index contributed by atoms with van der Waals surface area (Å²) in [6.45, 7) is 9.07. The van der Waals surface area contributed by atoms with Gasteiger partial charge in [0.2, 0.25) is 0 Å². The monoisotopic (exact) mass is 378 g/mol. The van der Waals surface area contributed by atoms with E-state index in [-0.39, 0.29) is 11.3 Å². The van der Waals surface area contributed by atoms with Crippen molar-refractivity contribution in [2.24, 2.45) is 11.3 Å². The Morgan fingerprint density at radius 2 is 1.46 bits per heavy atom. The molecular weight excluding hydrogens is 344 g/mol. The van der Waals surface area contributed by atoms with Crippen LogP contribution in [0.25, 0.3) is 0 Å². The Morgan fingerprint density at radius 1 is 0.893 bits per heavy atom. The molecule has 1 N–H and O–H groups in total. The highest BCUT2D eigenvalue weighted by molar-refractivity contribution is 5.59. The number of aliphatic hydroxyl groups excluding tert-OH is 1. The zero-order valence-corrected chi connectivity index (χ0v) is 18.0. The van der Waals surface area contributed by atoms with E-state index >= 15 is 0 Å². The van der Waals surface area contributed by atoms with Gasteiger partial charge in [0, 0.05) is 11.3 Å². The van der Waals surface area contributed by atoms with E-state index in [1.54, 1.807) is 7.11 Å². The van der Waals surface area contributed by atoms with E-state index in [0.29, 0.717) is 0 Å². The van der Waals surface area contributed by atoms with Gasteiger partial charge in [-0.3, -0.25) is 0 Å². The van der Waals surface area contributed by atoms with Crippen LogP contribution in [0.3, 0.4) is 0 Å². The van der Waals surface area contributed by atoms with Crippen molar-refractivity contribution >= 4 is 0 Å². The lowest BCUT2D eigenvalue weighted by Gasteiger charge is -2.43. The number of hydrogen-bond donors (Lipinski definition) is 1. The van der Waals surface area contributed by atoms with Crippen LogP contribution >= 0.6 is 0 Å². The summed E-state index contributed by atoms with van der Waals surface area (Å²) in [7, 11) is 1.67. The number of benzene rings is 1. The van der Waals surface area contributed by atoms with E-state index in [2.05, 4.69) is 52.0 Å². The summed E-state index contributed by atoms with van der Waals surface area (Å²) < 4.78 is 5.29. The minimum atomic E-state index is -0.565. The van der Waals surface area contributed by atoms with Gasteiger partial charge in [0.05, 0.1) is 13.2 Å². The molecular formula is C26H34O2. The van der Waals surface area contributed by atoms with Crippen molar-refractivity contribution in [2.45, 2.75) is 59.5 Å². The van der Waals surface area contributed by atoms with Crippen molar-refractivity contribution in [1.82, 2.24) is 0 Å². The zero-order chi connectivity index (χ0) is 20.3. The molecule has 0 bridgehead atoms. The molecule has 2 unspecified atom stereocenters. The second kappa shape index (κ2) is 8.53. The van der Waals surface area contributed by atoms with Gasteiger partial charge in [0.25, 0.3) is 0 Å². The fraction of sp³-hybridized carbons (Fsp3) is 0.462. The van der Waals surface area contributed by atoms with Gasteiger partial charge in [-0.05, 0) is 54.5 Å². The Labute approximate surface area is 170 Å². The van der Waals surface area contributed by atoms with Gasteiger partial charge in [-0.2, -0.15) is 0 Å². The van der Waals surface area contributed by atoms with Gasteiger partial charge in [-0.1, -0.05) is 75.3 Å². The summed E-state index contributed by atoms with van der Waals surface area (Å²) in [5, 5.41) is 11.5. The second-order valence-electron chi connectivity index (χ2n) is 7.69. The highest BCUT2D eigenvalue weighted by Crippen LogP contribution is 2.60. The maximum absolute atomic E-state index is 11.5. The predicted octanol–water partition coefficient (Wildman–Crippen LogP) is 6.70. The first-order valence-electron chi connectivity index (χ1n) is 10.7. The minimum absolute atomic E-state index is 0.00129. The Kier molecular flexibility index (Phi) is 6.30. The summed E-state index contributed by atoms with van der Waals surface area (Å²) in [6.07, 6.45) is 12.4. The third-order valence-corrected chi connectivity index (χ3v) is 6.62. The lowest BCUT2D eigenvalue weighted by atomic mass is 9.61. The third-order valence-electron chi connectivity index (χ3n) is 6.62. The smallest absolute Gasteiger partial charge is 0.118 e. The van der Waals surface area contributed by atoms with Crippen LogP contribution < -0.4 is 4.74 Å². The molecule has 1 spiro atoms. The van der Waals surface area contributed by atoms with Gasteiger partial charge in [-0.25, -0.2) is 0 Å². The molecule has 0 heterocycles. The molecule has 0 aromatic heterocycles. The fourth-order valence-electron chi connectivity index (χ4n) is 5.53. The lowest BCUT2D eigenvalue weighted by molar-refractivity contribution is 0.0928. The van der Waals surface area contributed by atoms with Crippen LogP contribution in [0.15, 0.2) is 70.9 Å². The van der Waals surface area contributed by atoms with E-state index < -0.39 is 6.10 Å². The molecule has 0 fully saturated rings. The molecule has 2 atom stereocenters. The van der Waals surface area contributed by atoms with Gasteiger partial charge in [0.15, 0.2) is 0 Å². The Hall–Kier alpha value is -2.06. The maximum Gasteiger partial charge on any atom is 0.118 e. The molecule has 28 heavy (non-hydrogen) atoms. The summed E-state index contributed by atoms with van der Waals surface area (Å²) in [6, 6.07) is 7.85. The number of allylic oxidation sites excluding steroid dienone is 7. The van der Waals surface area contributed by atoms with Gasteiger partial charge >= 0.3 is 0 Å². The standard InChI is InChI=1S/C26H34O2/c1-6-20-21(7-2)23(9-4)26(22(20)8-3)17-11-10-12-24(26)25(27)18-13-15-19(28-5)16-14-18/h10-17,24-25,27H,6-9H2,1-5H3. The topological polar surface area (TPSA) is 29.5 Å². The summed E-state index contributed by atoms with van der Waals surface area (Å²) in [5.41, 5.74) is 6.79. The molecule has 150 valence electrons. The highest BCUT2D eigenvalue weighted by atomic mass is 16.5. The number of methoxy groups -OCH3 is 1. The van der Waals surface area contributed by atoms with E-state index in [9.17, 15) is 5.11 Å². The van der Waals surface area contributed by atoms with Crippen LogP contribution in [0.4, 0.5) is 0 Å². The fourth-order valence-corrected chi connectivity index (χ4v) is 5.53. The van der Waals surface area contributed by atoms with Gasteiger partial charge in [0.1, 0.15) is 5.75 Å². The molecule has 2 aliphatic carbocycles. The van der Waals surface area contributed by atoms with Crippen molar-refractivity contribution < 1.29 is 9.84 Å². The Morgan fingerprint density at radius 3 is 1.93 bits per heavy atom. The van der Waals surface area contributed by atoms with Gasteiger partial charge < -0.3 is 9.84 Å². The van der Waals surface area contributed by atoms with Crippen LogP contribution in [0.2, 0.25) is 0 Å². The van der Waals surface area contributed by atoms with E-state index in [0.717, 1.165) is 37.0 Å². The first kappa shape index (κ1) is 20.7. The first-order valence-corrected chi connectivity index (χ1v) is 10.7. The maximum atomic E-state index is 11.5. The van der Waals surface area contributed by atoms with E-state index in [1.165, 1.54) is 22.3 Å². The minimum Gasteiger partial charge on any atom is -0.497 e. The molecule has 0 amide bonds. The average Bonchev–Trinajstić information content (AvgIpc) is 3.01. The van der Waals surface area contributed by atoms with Crippen LogP contribution in [0.5, 0.6) is 5.75 Å². The quantitative estimate of drug-likeness (QED) is 0.572. The average molecular weight is 379 g/mol. The first-order chi connectivity index (χ1) is 13.6. The Bertz CT molecular complexity index is 792. The number of hydrogen-bond acceptors (Lipinski definition) is 2. The number of ether oxygens (including phenoxy) is 1. The Balaban J connectivity index is 2.15. The molecule has 1 aromatic rings. The van der Waals surface area contributed by atoms with Crippen LogP contribution in [0.1, 0.15) is 65.0 Å². The van der Waals surface area contributed by atoms with Crippen molar-refractivity contribution in [3.05, 3.63) is 76.4 Å². The third kappa shape index (κ3) is 3.08. The molecule has 2 heteroatoms. The summed E-state index contributed by atoms with van der Waals surface area (Å²) in [4.78, 5) is 0. The SMILES string of the molecule is CCC1=C(CC)C2(C=CC=CC2C(O)c2ccc(OC)cc2)C(CC)=C1CC. The predicted molar refractivity (Wildman–Crippen MR) is 117 cm³/mol. The largest absolute Gasteiger partial charge is 0.497 e. The molecule has 0 radical (unpaired) electrons. The second-order valence-corrected chi connectivity index (χ2v) is 7.69. The van der Waals surface area contributed by atoms with Crippen molar-refractivity contribution in [3.8, 4) is 5.75 Å². The van der Waals surface area contributed by atoms with Crippen LogP contribution in [0, 0.1) is 11.3 Å². The molecule has 3 rings (SSSR count). The normalized spacial score (nSPS) is 21.7. The van der Waals surface area contributed by atoms with Crippen LogP contribution in [-0.4, -0.2) is 12.2 Å². The van der Waals surface area contributed by atoms with E-state index in [1.807, 2.05) is 24.3 Å². The molecule has 0 saturated heterocycles. The zero-order valence-electron chi connectivity index (χ0n) is 18.0. The molecule has 0 saturated carbocycles. The van der Waals surface area contributed by atoms with Crippen LogP contribution in [-0.2, 0) is 0 Å². The molecule has 2 nitrogen and oxygen atoms in total. The van der Waals surface area contributed by atoms with Crippen molar-refractivity contribution in [3.63, 3.8) is 0 Å². The molecule has 1 aromatic carbocycles. The van der Waals surface area contributed by atoms with Crippen molar-refractivity contribution in [1.29, 1.82) is 0 Å². The molecule has 0 aliphatic heterocycles. The summed E-state index contributed by atoms with van der Waals surface area (Å²) >= 11 is 0. The van der Waals surface area contributed by atoms with Gasteiger partial charge in [-0.15, -0.1) is 0 Å². The highest BCUT2D eigenvalue weighted by Gasteiger charge is 2.50. The van der Waals surface area contributed by atoms with Crippen molar-refractivity contribution in [2.75, 3.05) is 7.11 Å². The molecule has 2 aliphatic rings. The number of aliphatic hydroxyl groups is 1.